The fourth-order valence-electron chi connectivity index (χ4n) is 2.94. The molecule has 4 heteroatoms. The summed E-state index contributed by atoms with van der Waals surface area (Å²) in [5, 5.41) is 3.39. The molecule has 0 aromatic carbocycles. The van der Waals surface area contributed by atoms with E-state index in [1.54, 1.807) is 6.08 Å². The van der Waals surface area contributed by atoms with Gasteiger partial charge in [-0.05, 0) is 52.5 Å². The van der Waals surface area contributed by atoms with E-state index in [2.05, 4.69) is 17.0 Å². The van der Waals surface area contributed by atoms with Gasteiger partial charge < -0.3 is 10.1 Å². The molecule has 120 valence electrons. The smallest absolute Gasteiger partial charge is 0.293 e. The van der Waals surface area contributed by atoms with Gasteiger partial charge in [-0.3, -0.25) is 9.59 Å². The zero-order valence-corrected chi connectivity index (χ0v) is 13.8. The molecule has 4 nitrogen and oxygen atoms in total. The van der Waals surface area contributed by atoms with Gasteiger partial charge in [0.15, 0.2) is 5.78 Å². The van der Waals surface area contributed by atoms with Crippen LogP contribution >= 0.6 is 0 Å². The molecule has 1 aliphatic carbocycles. The summed E-state index contributed by atoms with van der Waals surface area (Å²) < 4.78 is 4.55. The second kappa shape index (κ2) is 7.62. The zero-order valence-electron chi connectivity index (χ0n) is 13.8. The third-order valence-electron chi connectivity index (χ3n) is 4.13. The third-order valence-corrected chi connectivity index (χ3v) is 4.13. The second-order valence-electron chi connectivity index (χ2n) is 7.20. The minimum Gasteiger partial charge on any atom is -0.462 e. The van der Waals surface area contributed by atoms with Crippen molar-refractivity contribution in [2.75, 3.05) is 0 Å². The topological polar surface area (TPSA) is 55.4 Å². The van der Waals surface area contributed by atoms with Crippen LogP contribution in [0.25, 0.3) is 0 Å². The van der Waals surface area contributed by atoms with E-state index in [0.717, 1.165) is 0 Å². The lowest BCUT2D eigenvalue weighted by molar-refractivity contribution is -0.138. The van der Waals surface area contributed by atoms with Gasteiger partial charge in [-0.1, -0.05) is 19.3 Å². The summed E-state index contributed by atoms with van der Waals surface area (Å²) in [4.78, 5) is 21.0. The number of rotatable bonds is 2. The fourth-order valence-corrected chi connectivity index (χ4v) is 2.94. The van der Waals surface area contributed by atoms with Crippen LogP contribution in [0, 0.1) is 5.92 Å². The Hall–Kier alpha value is -1.32. The highest BCUT2D eigenvalue weighted by molar-refractivity contribution is 5.91. The molecule has 0 saturated heterocycles. The molecular weight excluding hydrogens is 266 g/mol. The van der Waals surface area contributed by atoms with E-state index in [1.165, 1.54) is 32.1 Å². The molecule has 1 atom stereocenters. The van der Waals surface area contributed by atoms with Gasteiger partial charge >= 0.3 is 0 Å². The first-order valence-corrected chi connectivity index (χ1v) is 7.85. The lowest BCUT2D eigenvalue weighted by Gasteiger charge is -2.41. The Bertz CT molecular complexity index is 378. The molecule has 0 aromatic rings. The second-order valence-corrected chi connectivity index (χ2v) is 7.20. The molecule has 1 fully saturated rings. The highest BCUT2D eigenvalue weighted by Gasteiger charge is 2.36. The number of hydrogen-bond donors (Lipinski definition) is 1. The normalized spacial score (nSPS) is 26.4. The van der Waals surface area contributed by atoms with E-state index in [1.807, 2.05) is 27.0 Å². The van der Waals surface area contributed by atoms with Crippen molar-refractivity contribution in [2.45, 2.75) is 77.4 Å². The summed E-state index contributed by atoms with van der Waals surface area (Å²) in [5.41, 5.74) is -0.284. The summed E-state index contributed by atoms with van der Waals surface area (Å²) in [6, 6.07) is 0. The highest BCUT2D eigenvalue weighted by Crippen LogP contribution is 2.35. The number of allylic oxidation sites excluding steroid dienone is 1. The van der Waals surface area contributed by atoms with Crippen molar-refractivity contribution in [2.24, 2.45) is 5.92 Å². The van der Waals surface area contributed by atoms with E-state index in [-0.39, 0.29) is 16.9 Å². The van der Waals surface area contributed by atoms with Crippen LogP contribution in [-0.2, 0) is 14.3 Å². The number of ketones is 1. The van der Waals surface area contributed by atoms with Crippen LogP contribution in [0.5, 0.6) is 0 Å². The summed E-state index contributed by atoms with van der Waals surface area (Å²) in [7, 11) is 0. The molecule has 0 radical (unpaired) electrons. The van der Waals surface area contributed by atoms with Crippen molar-refractivity contribution in [3.05, 3.63) is 12.3 Å². The average molecular weight is 295 g/mol. The van der Waals surface area contributed by atoms with Crippen LogP contribution in [-0.4, -0.2) is 23.4 Å². The van der Waals surface area contributed by atoms with Gasteiger partial charge in [0.25, 0.3) is 6.47 Å². The number of hydrogen-bond acceptors (Lipinski definition) is 4. The van der Waals surface area contributed by atoms with Crippen LogP contribution in [0.4, 0.5) is 0 Å². The highest BCUT2D eigenvalue weighted by atomic mass is 16.5. The summed E-state index contributed by atoms with van der Waals surface area (Å²) in [5.74, 6) is 0.960. The summed E-state index contributed by atoms with van der Waals surface area (Å²) in [6.07, 6.45) is 10.8. The Balaban J connectivity index is 0.000000270. The van der Waals surface area contributed by atoms with E-state index in [4.69, 9.17) is 0 Å². The predicted molar refractivity (Wildman–Crippen MR) is 83.8 cm³/mol. The van der Waals surface area contributed by atoms with E-state index in [9.17, 15) is 9.59 Å². The van der Waals surface area contributed by atoms with Crippen molar-refractivity contribution in [1.29, 1.82) is 0 Å². The maximum atomic E-state index is 11.4. The predicted octanol–water partition coefficient (Wildman–Crippen LogP) is 3.36. The molecule has 0 bridgehead atoms. The van der Waals surface area contributed by atoms with Gasteiger partial charge in [0, 0.05) is 18.2 Å². The largest absolute Gasteiger partial charge is 0.462 e. The summed E-state index contributed by atoms with van der Waals surface area (Å²) in [6.45, 7) is 8.12. The summed E-state index contributed by atoms with van der Waals surface area (Å²) >= 11 is 0. The monoisotopic (exact) mass is 295 g/mol. The molecule has 0 aromatic heterocycles. The molecule has 1 heterocycles. The van der Waals surface area contributed by atoms with Crippen LogP contribution in [0.3, 0.4) is 0 Å². The average Bonchev–Trinajstić information content (AvgIpc) is 2.39. The molecule has 1 saturated carbocycles. The first-order chi connectivity index (χ1) is 9.77. The molecular formula is C17H29NO3. The quantitative estimate of drug-likeness (QED) is 0.794. The Morgan fingerprint density at radius 3 is 2.33 bits per heavy atom. The molecule has 1 unspecified atom stereocenters. The Kier molecular flexibility index (Phi) is 6.43. The van der Waals surface area contributed by atoms with Crippen molar-refractivity contribution in [3.8, 4) is 0 Å². The molecule has 21 heavy (non-hydrogen) atoms. The maximum absolute atomic E-state index is 11.4. The SMILES string of the molecule is CC(C)(C)OC=O.CC1(C2CCCCC2)CC(=O)C=CN1. The number of ether oxygens (including phenoxy) is 1. The van der Waals surface area contributed by atoms with Gasteiger partial charge in [-0.25, -0.2) is 0 Å². The first kappa shape index (κ1) is 17.7. The van der Waals surface area contributed by atoms with E-state index >= 15 is 0 Å². The molecule has 1 N–H and O–H groups in total. The van der Waals surface area contributed by atoms with Crippen LogP contribution in [0.2, 0.25) is 0 Å². The van der Waals surface area contributed by atoms with Gasteiger partial charge in [-0.2, -0.15) is 0 Å². The standard InChI is InChI=1S/C12H19NO.C5H10O2/c1-12(9-11(14)7-8-13-12)10-5-3-2-4-6-10;1-5(2,3)7-4-6/h7-8,10,13H,2-6,9H2,1H3;4H,1-3H3. The molecule has 2 aliphatic rings. The van der Waals surface area contributed by atoms with Crippen LogP contribution in [0.1, 0.15) is 66.2 Å². The Morgan fingerprint density at radius 2 is 1.90 bits per heavy atom. The number of carbonyl (C=O) groups is 2. The third kappa shape index (κ3) is 6.32. The van der Waals surface area contributed by atoms with Gasteiger partial charge in [0.1, 0.15) is 5.60 Å². The Labute approximate surface area is 128 Å². The molecule has 0 spiro atoms. The van der Waals surface area contributed by atoms with Crippen molar-refractivity contribution >= 4 is 12.3 Å². The molecule has 0 amide bonds. The van der Waals surface area contributed by atoms with Gasteiger partial charge in [0.2, 0.25) is 0 Å². The zero-order chi connectivity index (χ0) is 15.9. The first-order valence-electron chi connectivity index (χ1n) is 7.85. The van der Waals surface area contributed by atoms with E-state index in [0.29, 0.717) is 18.8 Å². The lowest BCUT2D eigenvalue weighted by Crippen LogP contribution is -2.50. The molecule has 2 rings (SSSR count). The van der Waals surface area contributed by atoms with Crippen LogP contribution < -0.4 is 5.32 Å². The lowest BCUT2D eigenvalue weighted by atomic mass is 9.72. The number of carbonyl (C=O) groups excluding carboxylic acids is 2. The van der Waals surface area contributed by atoms with Crippen molar-refractivity contribution in [3.63, 3.8) is 0 Å². The Morgan fingerprint density at radius 1 is 1.29 bits per heavy atom. The van der Waals surface area contributed by atoms with Gasteiger partial charge in [0.05, 0.1) is 0 Å². The van der Waals surface area contributed by atoms with Gasteiger partial charge in [-0.15, -0.1) is 0 Å². The number of nitrogens with one attached hydrogen (secondary N) is 1. The van der Waals surface area contributed by atoms with Crippen LogP contribution in [0.15, 0.2) is 12.3 Å². The van der Waals surface area contributed by atoms with Crippen molar-refractivity contribution in [1.82, 2.24) is 5.32 Å². The fraction of sp³-hybridized carbons (Fsp3) is 0.765. The minimum absolute atomic E-state index is 0.0340. The van der Waals surface area contributed by atoms with E-state index < -0.39 is 0 Å². The molecule has 1 aliphatic heterocycles. The van der Waals surface area contributed by atoms with Crippen molar-refractivity contribution < 1.29 is 14.3 Å². The minimum atomic E-state index is -0.318. The maximum Gasteiger partial charge on any atom is 0.293 e.